The van der Waals surface area contributed by atoms with Gasteiger partial charge >= 0.3 is 0 Å². The van der Waals surface area contributed by atoms with Crippen molar-refractivity contribution in [2.75, 3.05) is 9.80 Å². The maximum Gasteiger partial charge on any atom is 0.172 e. The average molecular weight is 769 g/mol. The van der Waals surface area contributed by atoms with Gasteiger partial charge in [0.25, 0.3) is 0 Å². The summed E-state index contributed by atoms with van der Waals surface area (Å²) in [5.41, 5.74) is 6.14. The summed E-state index contributed by atoms with van der Waals surface area (Å²) < 4.78 is 13.8. The number of benzene rings is 11. The fraction of sp³-hybridized carbons (Fsp3) is 0. The highest BCUT2D eigenvalue weighted by atomic mass is 16.5. The maximum absolute atomic E-state index is 7.10. The smallest absolute Gasteiger partial charge is 0.172 e. The van der Waals surface area contributed by atoms with Crippen LogP contribution < -0.4 is 19.3 Å². The van der Waals surface area contributed by atoms with Gasteiger partial charge in [0, 0.05) is 34.9 Å². The lowest BCUT2D eigenvalue weighted by Crippen LogP contribution is -2.10. The van der Waals surface area contributed by atoms with Gasteiger partial charge in [0.1, 0.15) is 11.5 Å². The molecule has 0 saturated heterocycles. The Hall–Kier alpha value is -8.08. The Bertz CT molecular complexity index is 3330. The molecule has 11 aromatic carbocycles. The summed E-state index contributed by atoms with van der Waals surface area (Å²) >= 11 is 0. The van der Waals surface area contributed by atoms with Gasteiger partial charge in [-0.05, 0) is 121 Å². The minimum absolute atomic E-state index is 0.636. The molecule has 282 valence electrons. The molecule has 1 heterocycles. The lowest BCUT2D eigenvalue weighted by molar-refractivity contribution is 0.439. The van der Waals surface area contributed by atoms with Crippen molar-refractivity contribution in [2.45, 2.75) is 0 Å². The first-order valence-electron chi connectivity index (χ1n) is 20.3. The van der Waals surface area contributed by atoms with E-state index in [4.69, 9.17) is 9.47 Å². The average Bonchev–Trinajstić information content (AvgIpc) is 3.46. The van der Waals surface area contributed by atoms with Crippen LogP contribution in [0.1, 0.15) is 0 Å². The molecule has 0 amide bonds. The van der Waals surface area contributed by atoms with Gasteiger partial charge in [-0.25, -0.2) is 0 Å². The SMILES string of the molecule is c1ccc2cc(N(c3ccc4c(c3)Oc3cc(N(c5ccc6ccccc6c5)c5ccc6ccccc6c5)cc5cccc(c35)O4)c3ccc4ccccc4c3)ccc2c1. The first-order chi connectivity index (χ1) is 29.7. The van der Waals surface area contributed by atoms with Crippen LogP contribution in [0.3, 0.4) is 0 Å². The van der Waals surface area contributed by atoms with Crippen molar-refractivity contribution in [3.8, 4) is 23.0 Å². The lowest BCUT2D eigenvalue weighted by Gasteiger charge is -2.27. The van der Waals surface area contributed by atoms with E-state index in [1.54, 1.807) is 0 Å². The van der Waals surface area contributed by atoms with E-state index >= 15 is 0 Å². The van der Waals surface area contributed by atoms with Gasteiger partial charge in [0.05, 0.1) is 16.8 Å². The third-order valence-electron chi connectivity index (χ3n) is 11.7. The molecule has 0 aromatic heterocycles. The molecule has 11 aromatic rings. The Labute approximate surface area is 347 Å². The Morgan fingerprint density at radius 1 is 0.217 bits per heavy atom. The van der Waals surface area contributed by atoms with Gasteiger partial charge in [0.2, 0.25) is 0 Å². The van der Waals surface area contributed by atoms with Crippen LogP contribution in [0.15, 0.2) is 218 Å². The van der Waals surface area contributed by atoms with Crippen LogP contribution in [0.2, 0.25) is 0 Å². The summed E-state index contributed by atoms with van der Waals surface area (Å²) in [6.45, 7) is 0. The molecular weight excluding hydrogens is 733 g/mol. The van der Waals surface area contributed by atoms with Gasteiger partial charge in [-0.3, -0.25) is 0 Å². The molecule has 0 atom stereocenters. The largest absolute Gasteiger partial charge is 0.453 e. The van der Waals surface area contributed by atoms with Crippen LogP contribution >= 0.6 is 0 Å². The number of rotatable bonds is 6. The second kappa shape index (κ2) is 13.8. The molecule has 0 aliphatic carbocycles. The third-order valence-corrected chi connectivity index (χ3v) is 11.7. The predicted octanol–water partition coefficient (Wildman–Crippen LogP) is 16.3. The monoisotopic (exact) mass is 768 g/mol. The van der Waals surface area contributed by atoms with Crippen molar-refractivity contribution in [1.82, 2.24) is 0 Å². The number of fused-ring (bicyclic) bond motifs is 5. The molecule has 0 spiro atoms. The molecule has 0 bridgehead atoms. The summed E-state index contributed by atoms with van der Waals surface area (Å²) in [4.78, 5) is 4.63. The third kappa shape index (κ3) is 5.85. The maximum atomic E-state index is 7.10. The normalized spacial score (nSPS) is 11.9. The van der Waals surface area contributed by atoms with E-state index < -0.39 is 0 Å². The number of hydrogen-bond acceptors (Lipinski definition) is 4. The molecule has 0 unspecified atom stereocenters. The molecule has 60 heavy (non-hydrogen) atoms. The first kappa shape index (κ1) is 34.0. The number of nitrogens with zero attached hydrogens (tertiary/aromatic N) is 2. The number of hydrogen-bond donors (Lipinski definition) is 0. The fourth-order valence-corrected chi connectivity index (χ4v) is 8.83. The van der Waals surface area contributed by atoms with Crippen LogP contribution in [0.25, 0.3) is 53.9 Å². The highest BCUT2D eigenvalue weighted by Gasteiger charge is 2.24. The Kier molecular flexibility index (Phi) is 7.82. The van der Waals surface area contributed by atoms with Crippen molar-refractivity contribution < 1.29 is 9.47 Å². The first-order valence-corrected chi connectivity index (χ1v) is 20.3. The highest BCUT2D eigenvalue weighted by molar-refractivity contribution is 6.01. The molecule has 0 radical (unpaired) electrons. The Morgan fingerprint density at radius 2 is 0.567 bits per heavy atom. The van der Waals surface area contributed by atoms with Gasteiger partial charge in [-0.1, -0.05) is 133 Å². The summed E-state index contributed by atoms with van der Waals surface area (Å²) in [5, 5.41) is 11.4. The van der Waals surface area contributed by atoms with E-state index in [0.29, 0.717) is 11.5 Å². The fourth-order valence-electron chi connectivity index (χ4n) is 8.83. The minimum Gasteiger partial charge on any atom is -0.453 e. The van der Waals surface area contributed by atoms with Crippen LogP contribution in [-0.2, 0) is 0 Å². The molecule has 4 nitrogen and oxygen atoms in total. The summed E-state index contributed by atoms with van der Waals surface area (Å²) in [6, 6.07) is 77.5. The van der Waals surface area contributed by atoms with Crippen molar-refractivity contribution in [2.24, 2.45) is 0 Å². The molecule has 4 heteroatoms. The number of ether oxygens (including phenoxy) is 2. The quantitative estimate of drug-likeness (QED) is 0.168. The van der Waals surface area contributed by atoms with E-state index in [1.165, 1.54) is 43.1 Å². The van der Waals surface area contributed by atoms with Crippen molar-refractivity contribution in [3.05, 3.63) is 218 Å². The van der Waals surface area contributed by atoms with E-state index in [-0.39, 0.29) is 0 Å². The highest BCUT2D eigenvalue weighted by Crippen LogP contribution is 2.51. The van der Waals surface area contributed by atoms with Crippen molar-refractivity contribution in [3.63, 3.8) is 0 Å². The van der Waals surface area contributed by atoms with Crippen molar-refractivity contribution >= 4 is 88.0 Å². The molecule has 0 N–H and O–H groups in total. The van der Waals surface area contributed by atoms with Gasteiger partial charge in [-0.2, -0.15) is 0 Å². The Morgan fingerprint density at radius 3 is 1.05 bits per heavy atom. The molecule has 0 saturated carbocycles. The molecule has 0 fully saturated rings. The topological polar surface area (TPSA) is 24.9 Å². The molecule has 12 rings (SSSR count). The van der Waals surface area contributed by atoms with Crippen LogP contribution in [0.5, 0.6) is 23.0 Å². The molecule has 1 aliphatic rings. The second-order valence-electron chi connectivity index (χ2n) is 15.4. The number of anilines is 6. The second-order valence-corrected chi connectivity index (χ2v) is 15.4. The predicted molar refractivity (Wildman–Crippen MR) is 250 cm³/mol. The summed E-state index contributed by atoms with van der Waals surface area (Å²) in [5.74, 6) is 2.77. The van der Waals surface area contributed by atoms with E-state index in [1.807, 2.05) is 12.1 Å². The van der Waals surface area contributed by atoms with Crippen molar-refractivity contribution in [1.29, 1.82) is 0 Å². The summed E-state index contributed by atoms with van der Waals surface area (Å²) in [7, 11) is 0. The lowest BCUT2D eigenvalue weighted by atomic mass is 10.0. The zero-order chi connectivity index (χ0) is 39.6. The van der Waals surface area contributed by atoms with E-state index in [2.05, 4.69) is 216 Å². The molecular formula is C56H36N2O2. The van der Waals surface area contributed by atoms with E-state index in [9.17, 15) is 0 Å². The summed E-state index contributed by atoms with van der Waals surface area (Å²) in [6.07, 6.45) is 0. The zero-order valence-corrected chi connectivity index (χ0v) is 32.5. The Balaban J connectivity index is 1.02. The van der Waals surface area contributed by atoms with Crippen LogP contribution in [-0.4, -0.2) is 0 Å². The van der Waals surface area contributed by atoms with Gasteiger partial charge in [-0.15, -0.1) is 0 Å². The van der Waals surface area contributed by atoms with Gasteiger partial charge < -0.3 is 19.3 Å². The molecule has 1 aliphatic heterocycles. The minimum atomic E-state index is 0.636. The zero-order valence-electron chi connectivity index (χ0n) is 32.5. The van der Waals surface area contributed by atoms with Gasteiger partial charge in [0.15, 0.2) is 11.5 Å². The van der Waals surface area contributed by atoms with E-state index in [0.717, 1.165) is 56.4 Å². The van der Waals surface area contributed by atoms with Crippen LogP contribution in [0.4, 0.5) is 34.1 Å². The standard InChI is InChI=1S/C56H36N2O2/c1-5-14-41-30-46(24-20-37(41)10-1)57(47-25-21-38-11-2-6-15-42(38)31-47)50-28-29-52-54(35-50)60-55-36-51(34-45-18-9-19-53(59-52)56(45)55)58(48-26-22-39-12-3-7-16-43(39)32-48)49-27-23-40-13-4-8-17-44(40)33-49/h1-36H. The van der Waals surface area contributed by atoms with Crippen LogP contribution in [0, 0.1) is 0 Å².